The van der Waals surface area contributed by atoms with Crippen LogP contribution in [0.2, 0.25) is 0 Å². The van der Waals surface area contributed by atoms with Crippen molar-refractivity contribution in [3.8, 4) is 5.69 Å². The highest BCUT2D eigenvalue weighted by atomic mass is 19.1. The molecule has 1 aromatic carbocycles. The Labute approximate surface area is 147 Å². The SMILES string of the molecule is CCN(CCN(C)C)C(=O)c1c(C)ccn(-c2ccc(F)cc2)c1=O. The van der Waals surface area contributed by atoms with Crippen molar-refractivity contribution in [3.05, 3.63) is 63.8 Å². The maximum absolute atomic E-state index is 13.1. The lowest BCUT2D eigenvalue weighted by molar-refractivity contribution is 0.0751. The largest absolute Gasteiger partial charge is 0.337 e. The molecule has 0 fully saturated rings. The van der Waals surface area contributed by atoms with Crippen molar-refractivity contribution in [2.75, 3.05) is 33.7 Å². The third-order valence-corrected chi connectivity index (χ3v) is 4.11. The van der Waals surface area contributed by atoms with Gasteiger partial charge in [-0.05, 0) is 63.8 Å². The van der Waals surface area contributed by atoms with E-state index in [0.29, 0.717) is 24.3 Å². The van der Waals surface area contributed by atoms with E-state index in [1.807, 2.05) is 25.9 Å². The van der Waals surface area contributed by atoms with Gasteiger partial charge < -0.3 is 9.80 Å². The van der Waals surface area contributed by atoms with Gasteiger partial charge in [0.15, 0.2) is 0 Å². The number of likely N-dealkylation sites (N-methyl/N-ethyl adjacent to an activating group) is 2. The summed E-state index contributed by atoms with van der Waals surface area (Å²) in [7, 11) is 3.88. The summed E-state index contributed by atoms with van der Waals surface area (Å²) in [5.74, 6) is -0.649. The van der Waals surface area contributed by atoms with Gasteiger partial charge in [-0.3, -0.25) is 14.2 Å². The van der Waals surface area contributed by atoms with E-state index in [1.54, 1.807) is 24.1 Å². The second-order valence-electron chi connectivity index (χ2n) is 6.21. The molecule has 0 aliphatic carbocycles. The quantitative estimate of drug-likeness (QED) is 0.807. The lowest BCUT2D eigenvalue weighted by Crippen LogP contribution is -2.40. The zero-order valence-electron chi connectivity index (χ0n) is 15.1. The number of pyridine rings is 1. The molecule has 1 aromatic heterocycles. The maximum Gasteiger partial charge on any atom is 0.268 e. The van der Waals surface area contributed by atoms with Crippen LogP contribution in [0, 0.1) is 12.7 Å². The molecule has 1 amide bonds. The van der Waals surface area contributed by atoms with Gasteiger partial charge in [-0.15, -0.1) is 0 Å². The van der Waals surface area contributed by atoms with Gasteiger partial charge in [0, 0.05) is 31.5 Å². The molecule has 6 heteroatoms. The first-order valence-electron chi connectivity index (χ1n) is 8.27. The normalized spacial score (nSPS) is 11.0. The molecule has 0 radical (unpaired) electrons. The second kappa shape index (κ2) is 8.07. The van der Waals surface area contributed by atoms with Crippen molar-refractivity contribution in [1.82, 2.24) is 14.4 Å². The zero-order chi connectivity index (χ0) is 18.6. The van der Waals surface area contributed by atoms with Gasteiger partial charge in [-0.25, -0.2) is 4.39 Å². The Balaban J connectivity index is 2.43. The number of halogens is 1. The number of nitrogens with zero attached hydrogens (tertiary/aromatic N) is 3. The predicted molar refractivity (Wildman–Crippen MR) is 96.9 cm³/mol. The second-order valence-corrected chi connectivity index (χ2v) is 6.21. The average Bonchev–Trinajstić information content (AvgIpc) is 2.56. The standard InChI is InChI=1S/C19H24FN3O2/c1-5-22(13-12-21(3)4)18(24)17-14(2)10-11-23(19(17)25)16-8-6-15(20)7-9-16/h6-11H,5,12-13H2,1-4H3. The van der Waals surface area contributed by atoms with Gasteiger partial charge in [-0.2, -0.15) is 0 Å². The number of carbonyl (C=O) groups is 1. The van der Waals surface area contributed by atoms with Crippen molar-refractivity contribution in [2.45, 2.75) is 13.8 Å². The number of aromatic nitrogens is 1. The van der Waals surface area contributed by atoms with E-state index >= 15 is 0 Å². The topological polar surface area (TPSA) is 45.5 Å². The summed E-state index contributed by atoms with van der Waals surface area (Å²) in [6, 6.07) is 7.35. The number of rotatable bonds is 6. The smallest absolute Gasteiger partial charge is 0.268 e. The molecule has 0 atom stereocenters. The van der Waals surface area contributed by atoms with Crippen LogP contribution in [0.3, 0.4) is 0 Å². The zero-order valence-corrected chi connectivity index (χ0v) is 15.1. The van der Waals surface area contributed by atoms with Crippen LogP contribution >= 0.6 is 0 Å². The van der Waals surface area contributed by atoms with E-state index in [4.69, 9.17) is 0 Å². The van der Waals surface area contributed by atoms with E-state index in [0.717, 1.165) is 6.54 Å². The van der Waals surface area contributed by atoms with Crippen LogP contribution < -0.4 is 5.56 Å². The summed E-state index contributed by atoms with van der Waals surface area (Å²) in [5, 5.41) is 0. The van der Waals surface area contributed by atoms with Gasteiger partial charge >= 0.3 is 0 Å². The van der Waals surface area contributed by atoms with Crippen molar-refractivity contribution >= 4 is 5.91 Å². The van der Waals surface area contributed by atoms with Crippen LogP contribution in [0.5, 0.6) is 0 Å². The van der Waals surface area contributed by atoms with E-state index in [9.17, 15) is 14.0 Å². The van der Waals surface area contributed by atoms with Crippen LogP contribution in [0.4, 0.5) is 4.39 Å². The lowest BCUT2D eigenvalue weighted by Gasteiger charge is -2.23. The van der Waals surface area contributed by atoms with Crippen LogP contribution in [0.25, 0.3) is 5.69 Å². The molecule has 0 aliphatic rings. The number of aryl methyl sites for hydroxylation is 1. The molecule has 2 aromatic rings. The molecule has 0 bridgehead atoms. The van der Waals surface area contributed by atoms with Gasteiger partial charge in [0.2, 0.25) is 0 Å². The Kier molecular flexibility index (Phi) is 6.09. The molecule has 1 heterocycles. The lowest BCUT2D eigenvalue weighted by atomic mass is 10.1. The monoisotopic (exact) mass is 345 g/mol. The number of hydrogen-bond acceptors (Lipinski definition) is 3. The molecule has 0 N–H and O–H groups in total. The number of hydrogen-bond donors (Lipinski definition) is 0. The first-order valence-corrected chi connectivity index (χ1v) is 8.27. The average molecular weight is 345 g/mol. The molecule has 134 valence electrons. The Morgan fingerprint density at radius 3 is 2.32 bits per heavy atom. The summed E-state index contributed by atoms with van der Waals surface area (Å²) < 4.78 is 14.5. The van der Waals surface area contributed by atoms with Crippen LogP contribution in [-0.4, -0.2) is 54.0 Å². The number of amides is 1. The summed E-state index contributed by atoms with van der Waals surface area (Å²) in [6.07, 6.45) is 1.61. The van der Waals surface area contributed by atoms with Crippen molar-refractivity contribution in [3.63, 3.8) is 0 Å². The van der Waals surface area contributed by atoms with Gasteiger partial charge in [0.05, 0.1) is 0 Å². The third kappa shape index (κ3) is 4.33. The summed E-state index contributed by atoms with van der Waals surface area (Å²) in [4.78, 5) is 29.4. The molecule has 0 unspecified atom stereocenters. The maximum atomic E-state index is 13.1. The fraction of sp³-hybridized carbons (Fsp3) is 0.368. The minimum atomic E-state index is -0.389. The Morgan fingerprint density at radius 2 is 1.76 bits per heavy atom. The first-order chi connectivity index (χ1) is 11.8. The number of benzene rings is 1. The molecule has 2 rings (SSSR count). The molecule has 0 saturated carbocycles. The summed E-state index contributed by atoms with van der Waals surface area (Å²) in [6.45, 7) is 5.44. The van der Waals surface area contributed by atoms with Crippen molar-refractivity contribution in [1.29, 1.82) is 0 Å². The minimum absolute atomic E-state index is 0.160. The van der Waals surface area contributed by atoms with E-state index in [-0.39, 0.29) is 22.8 Å². The highest BCUT2D eigenvalue weighted by Crippen LogP contribution is 2.11. The van der Waals surface area contributed by atoms with Crippen LogP contribution in [-0.2, 0) is 0 Å². The fourth-order valence-corrected chi connectivity index (χ4v) is 2.57. The Hall–Kier alpha value is -2.47. The van der Waals surface area contributed by atoms with Crippen LogP contribution in [0.1, 0.15) is 22.8 Å². The molecular formula is C19H24FN3O2. The molecule has 25 heavy (non-hydrogen) atoms. The molecule has 0 saturated heterocycles. The van der Waals surface area contributed by atoms with Gasteiger partial charge in [0.1, 0.15) is 11.4 Å². The highest BCUT2D eigenvalue weighted by molar-refractivity contribution is 5.95. The highest BCUT2D eigenvalue weighted by Gasteiger charge is 2.21. The van der Waals surface area contributed by atoms with E-state index in [2.05, 4.69) is 0 Å². The van der Waals surface area contributed by atoms with E-state index < -0.39 is 0 Å². The summed E-state index contributed by atoms with van der Waals surface area (Å²) >= 11 is 0. The molecule has 0 spiro atoms. The van der Waals surface area contributed by atoms with Crippen molar-refractivity contribution < 1.29 is 9.18 Å². The molecule has 0 aliphatic heterocycles. The first kappa shape index (κ1) is 18.9. The minimum Gasteiger partial charge on any atom is -0.337 e. The fourth-order valence-electron chi connectivity index (χ4n) is 2.57. The molecular weight excluding hydrogens is 321 g/mol. The van der Waals surface area contributed by atoms with Crippen LogP contribution in [0.15, 0.2) is 41.3 Å². The van der Waals surface area contributed by atoms with Gasteiger partial charge in [0.25, 0.3) is 11.5 Å². The third-order valence-electron chi connectivity index (χ3n) is 4.11. The molecule has 5 nitrogen and oxygen atoms in total. The Morgan fingerprint density at radius 1 is 1.12 bits per heavy atom. The van der Waals surface area contributed by atoms with Gasteiger partial charge in [-0.1, -0.05) is 0 Å². The Bertz CT molecular complexity index is 797. The summed E-state index contributed by atoms with van der Waals surface area (Å²) in [5.41, 5.74) is 0.931. The predicted octanol–water partition coefficient (Wildman–Crippen LogP) is 2.31. The van der Waals surface area contributed by atoms with Crippen molar-refractivity contribution in [2.24, 2.45) is 0 Å². The van der Waals surface area contributed by atoms with E-state index in [1.165, 1.54) is 28.8 Å². The number of carbonyl (C=O) groups excluding carboxylic acids is 1.